The van der Waals surface area contributed by atoms with Crippen LogP contribution in [0.4, 0.5) is 0 Å². The van der Waals surface area contributed by atoms with Gasteiger partial charge in [-0.25, -0.2) is 4.99 Å². The predicted octanol–water partition coefficient (Wildman–Crippen LogP) is 2.57. The van der Waals surface area contributed by atoms with Crippen LogP contribution in [0.1, 0.15) is 44.7 Å². The Morgan fingerprint density at radius 1 is 1.31 bits per heavy atom. The molecule has 1 atom stereocenters. The third kappa shape index (κ3) is 5.64. The standard InChI is InChI=1S/C20H32N4O2/c1-5-15(6-2)13-21-20(22-14-19(25)24(3)4)23-17-11-12-26-18-10-8-7-9-16(17)18/h7-10,15,17H,5-6,11-14H2,1-4H3,(H2,21,22,23). The van der Waals surface area contributed by atoms with Crippen molar-refractivity contribution in [3.63, 3.8) is 0 Å². The Morgan fingerprint density at radius 2 is 2.04 bits per heavy atom. The van der Waals surface area contributed by atoms with E-state index in [4.69, 9.17) is 4.74 Å². The molecule has 2 N–H and O–H groups in total. The molecule has 26 heavy (non-hydrogen) atoms. The molecular formula is C20H32N4O2. The molecule has 0 saturated carbocycles. The maximum Gasteiger partial charge on any atom is 0.243 e. The van der Waals surface area contributed by atoms with Crippen LogP contribution in [0.25, 0.3) is 0 Å². The van der Waals surface area contributed by atoms with Gasteiger partial charge in [-0.3, -0.25) is 4.79 Å². The molecule has 0 aromatic heterocycles. The van der Waals surface area contributed by atoms with E-state index in [1.54, 1.807) is 19.0 Å². The summed E-state index contributed by atoms with van der Waals surface area (Å²) in [5.41, 5.74) is 1.13. The monoisotopic (exact) mass is 360 g/mol. The highest BCUT2D eigenvalue weighted by molar-refractivity contribution is 5.85. The molecule has 0 fully saturated rings. The zero-order valence-electron chi connectivity index (χ0n) is 16.4. The van der Waals surface area contributed by atoms with Crippen LogP contribution in [0.3, 0.4) is 0 Å². The van der Waals surface area contributed by atoms with Crippen molar-refractivity contribution in [2.24, 2.45) is 10.9 Å². The van der Waals surface area contributed by atoms with Crippen LogP contribution in [-0.2, 0) is 4.79 Å². The molecule has 6 heteroatoms. The predicted molar refractivity (Wildman–Crippen MR) is 106 cm³/mol. The number of likely N-dealkylation sites (N-methyl/N-ethyl adjacent to an activating group) is 1. The van der Waals surface area contributed by atoms with Gasteiger partial charge in [0.05, 0.1) is 12.6 Å². The number of guanidine groups is 1. The molecule has 1 amide bonds. The fourth-order valence-electron chi connectivity index (χ4n) is 2.92. The van der Waals surface area contributed by atoms with E-state index in [1.807, 2.05) is 18.2 Å². The molecule has 0 spiro atoms. The minimum Gasteiger partial charge on any atom is -0.493 e. The van der Waals surface area contributed by atoms with Crippen LogP contribution in [0.2, 0.25) is 0 Å². The summed E-state index contributed by atoms with van der Waals surface area (Å²) in [7, 11) is 3.49. The average molecular weight is 361 g/mol. The quantitative estimate of drug-likeness (QED) is 0.579. The molecule has 1 aromatic rings. The van der Waals surface area contributed by atoms with Crippen molar-refractivity contribution in [1.82, 2.24) is 15.5 Å². The fourth-order valence-corrected chi connectivity index (χ4v) is 2.92. The molecule has 1 heterocycles. The summed E-state index contributed by atoms with van der Waals surface area (Å²) < 4.78 is 5.74. The summed E-state index contributed by atoms with van der Waals surface area (Å²) >= 11 is 0. The third-order valence-corrected chi connectivity index (χ3v) is 4.85. The number of hydrogen-bond donors (Lipinski definition) is 2. The van der Waals surface area contributed by atoms with Gasteiger partial charge in [-0.2, -0.15) is 0 Å². The van der Waals surface area contributed by atoms with E-state index in [9.17, 15) is 4.79 Å². The Labute approximate surface area is 157 Å². The Bertz CT molecular complexity index is 612. The number of carbonyl (C=O) groups excluding carboxylic acids is 1. The second-order valence-electron chi connectivity index (χ2n) is 6.89. The SMILES string of the molecule is CCC(CC)CNC(=NCC(=O)N(C)C)NC1CCOc2ccccc21. The van der Waals surface area contributed by atoms with Crippen LogP contribution in [0.15, 0.2) is 29.3 Å². The first-order valence-corrected chi connectivity index (χ1v) is 9.51. The molecule has 6 nitrogen and oxygen atoms in total. The lowest BCUT2D eigenvalue weighted by Crippen LogP contribution is -2.43. The zero-order chi connectivity index (χ0) is 18.9. The molecule has 0 radical (unpaired) electrons. The van der Waals surface area contributed by atoms with Gasteiger partial charge in [-0.15, -0.1) is 0 Å². The summed E-state index contributed by atoms with van der Waals surface area (Å²) in [4.78, 5) is 18.0. The second-order valence-corrected chi connectivity index (χ2v) is 6.89. The first kappa shape index (κ1) is 20.1. The molecule has 1 aromatic carbocycles. The average Bonchev–Trinajstić information content (AvgIpc) is 2.66. The highest BCUT2D eigenvalue weighted by atomic mass is 16.5. The second kappa shape index (κ2) is 10.0. The minimum absolute atomic E-state index is 0.0130. The number of nitrogens with zero attached hydrogens (tertiary/aromatic N) is 2. The van der Waals surface area contributed by atoms with Crippen LogP contribution >= 0.6 is 0 Å². The van der Waals surface area contributed by atoms with Gasteiger partial charge in [-0.1, -0.05) is 44.9 Å². The Kier molecular flexibility index (Phi) is 7.75. The van der Waals surface area contributed by atoms with Gasteiger partial charge < -0.3 is 20.3 Å². The van der Waals surface area contributed by atoms with Crippen molar-refractivity contribution >= 4 is 11.9 Å². The van der Waals surface area contributed by atoms with Gasteiger partial charge in [0.25, 0.3) is 0 Å². The smallest absolute Gasteiger partial charge is 0.243 e. The van der Waals surface area contributed by atoms with Gasteiger partial charge in [0.2, 0.25) is 5.91 Å². The lowest BCUT2D eigenvalue weighted by atomic mass is 10.0. The molecule has 144 valence electrons. The van der Waals surface area contributed by atoms with Gasteiger partial charge >= 0.3 is 0 Å². The van der Waals surface area contributed by atoms with Crippen molar-refractivity contribution in [3.8, 4) is 5.75 Å². The number of aliphatic imine (C=N–C) groups is 1. The fraction of sp³-hybridized carbons (Fsp3) is 0.600. The number of ether oxygens (including phenoxy) is 1. The van der Waals surface area contributed by atoms with Crippen LogP contribution in [-0.4, -0.2) is 50.6 Å². The number of benzene rings is 1. The van der Waals surface area contributed by atoms with E-state index >= 15 is 0 Å². The van der Waals surface area contributed by atoms with E-state index in [0.717, 1.165) is 37.1 Å². The summed E-state index contributed by atoms with van der Waals surface area (Å²) in [6, 6.07) is 8.20. The molecule has 1 aliphatic rings. The number of nitrogens with one attached hydrogen (secondary N) is 2. The number of hydrogen-bond acceptors (Lipinski definition) is 3. The third-order valence-electron chi connectivity index (χ3n) is 4.85. The maximum absolute atomic E-state index is 11.9. The van der Waals surface area contributed by atoms with E-state index < -0.39 is 0 Å². The van der Waals surface area contributed by atoms with Gasteiger partial charge in [0, 0.05) is 32.6 Å². The highest BCUT2D eigenvalue weighted by Crippen LogP contribution is 2.31. The van der Waals surface area contributed by atoms with Crippen molar-refractivity contribution in [3.05, 3.63) is 29.8 Å². The summed E-state index contributed by atoms with van der Waals surface area (Å²) in [6.45, 7) is 6.05. The normalized spacial score (nSPS) is 16.7. The number of amides is 1. The Balaban J connectivity index is 2.10. The van der Waals surface area contributed by atoms with Crippen molar-refractivity contribution in [2.45, 2.75) is 39.2 Å². The first-order chi connectivity index (χ1) is 12.5. The molecular weight excluding hydrogens is 328 g/mol. The van der Waals surface area contributed by atoms with Crippen LogP contribution in [0.5, 0.6) is 5.75 Å². The Hall–Kier alpha value is -2.24. The largest absolute Gasteiger partial charge is 0.493 e. The maximum atomic E-state index is 11.9. The topological polar surface area (TPSA) is 66.0 Å². The van der Waals surface area contributed by atoms with Crippen molar-refractivity contribution < 1.29 is 9.53 Å². The van der Waals surface area contributed by atoms with Gasteiger partial charge in [0.1, 0.15) is 12.3 Å². The molecule has 1 unspecified atom stereocenters. The lowest BCUT2D eigenvalue weighted by molar-refractivity contribution is -0.127. The lowest BCUT2D eigenvalue weighted by Gasteiger charge is -2.28. The van der Waals surface area contributed by atoms with Crippen molar-refractivity contribution in [1.29, 1.82) is 0 Å². The number of fused-ring (bicyclic) bond motifs is 1. The molecule has 2 rings (SSSR count). The van der Waals surface area contributed by atoms with Crippen LogP contribution < -0.4 is 15.4 Å². The van der Waals surface area contributed by atoms with E-state index in [1.165, 1.54) is 0 Å². The molecule has 0 aliphatic carbocycles. The van der Waals surface area contributed by atoms with E-state index in [-0.39, 0.29) is 18.5 Å². The number of para-hydroxylation sites is 1. The number of rotatable bonds is 7. The Morgan fingerprint density at radius 3 is 2.73 bits per heavy atom. The summed E-state index contributed by atoms with van der Waals surface area (Å²) in [5.74, 6) is 2.18. The van der Waals surface area contributed by atoms with Crippen molar-refractivity contribution in [2.75, 3.05) is 33.8 Å². The molecule has 1 aliphatic heterocycles. The molecule has 0 saturated heterocycles. The number of carbonyl (C=O) groups is 1. The van der Waals surface area contributed by atoms with Gasteiger partial charge in [-0.05, 0) is 12.0 Å². The van der Waals surface area contributed by atoms with E-state index in [2.05, 4.69) is 35.5 Å². The first-order valence-electron chi connectivity index (χ1n) is 9.51. The van der Waals surface area contributed by atoms with Crippen LogP contribution in [0, 0.1) is 5.92 Å². The van der Waals surface area contributed by atoms with Gasteiger partial charge in [0.15, 0.2) is 5.96 Å². The zero-order valence-corrected chi connectivity index (χ0v) is 16.4. The minimum atomic E-state index is -0.0130. The van der Waals surface area contributed by atoms with E-state index in [0.29, 0.717) is 18.5 Å². The molecule has 0 bridgehead atoms. The summed E-state index contributed by atoms with van der Waals surface area (Å²) in [6.07, 6.45) is 3.10. The summed E-state index contributed by atoms with van der Waals surface area (Å²) in [5, 5.41) is 6.92. The highest BCUT2D eigenvalue weighted by Gasteiger charge is 2.22.